The highest BCUT2D eigenvalue weighted by Gasteiger charge is 2.06. The van der Waals surface area contributed by atoms with E-state index in [4.69, 9.17) is 5.73 Å². The fraction of sp³-hybridized carbons (Fsp3) is 0.0769. The van der Waals surface area contributed by atoms with Gasteiger partial charge in [0.1, 0.15) is 11.6 Å². The van der Waals surface area contributed by atoms with Crippen LogP contribution in [0.3, 0.4) is 0 Å². The van der Waals surface area contributed by atoms with Crippen molar-refractivity contribution in [1.82, 2.24) is 0 Å². The molecule has 17 heavy (non-hydrogen) atoms. The Hall–Kier alpha value is -2.10. The first-order valence-corrected chi connectivity index (χ1v) is 5.15. The van der Waals surface area contributed by atoms with Crippen molar-refractivity contribution in [3.63, 3.8) is 0 Å². The number of hydrogen-bond donors (Lipinski definition) is 2. The maximum absolute atomic E-state index is 13.5. The van der Waals surface area contributed by atoms with Crippen LogP contribution in [0, 0.1) is 18.6 Å². The predicted octanol–water partition coefficient (Wildman–Crippen LogP) is 3.60. The molecule has 0 fully saturated rings. The minimum absolute atomic E-state index is 0.271. The molecular weight excluding hydrogens is 222 g/mol. The van der Waals surface area contributed by atoms with E-state index in [0.29, 0.717) is 16.9 Å². The Morgan fingerprint density at radius 2 is 1.76 bits per heavy atom. The van der Waals surface area contributed by atoms with Gasteiger partial charge in [-0.25, -0.2) is 8.78 Å². The maximum atomic E-state index is 13.5. The van der Waals surface area contributed by atoms with Gasteiger partial charge in [0.05, 0.1) is 5.69 Å². The second-order valence-electron chi connectivity index (χ2n) is 3.78. The highest BCUT2D eigenvalue weighted by atomic mass is 19.1. The van der Waals surface area contributed by atoms with Gasteiger partial charge in [-0.2, -0.15) is 0 Å². The highest BCUT2D eigenvalue weighted by Crippen LogP contribution is 2.25. The first-order chi connectivity index (χ1) is 8.08. The van der Waals surface area contributed by atoms with Crippen LogP contribution in [0.15, 0.2) is 36.4 Å². The Balaban J connectivity index is 2.35. The quantitative estimate of drug-likeness (QED) is 0.779. The van der Waals surface area contributed by atoms with Gasteiger partial charge < -0.3 is 11.1 Å². The summed E-state index contributed by atoms with van der Waals surface area (Å²) in [6, 6.07) is 8.94. The lowest BCUT2D eigenvalue weighted by atomic mass is 10.1. The Labute approximate surface area is 98.1 Å². The van der Waals surface area contributed by atoms with Gasteiger partial charge in [-0.1, -0.05) is 6.07 Å². The van der Waals surface area contributed by atoms with Crippen molar-refractivity contribution in [2.45, 2.75) is 6.92 Å². The molecule has 88 valence electrons. The van der Waals surface area contributed by atoms with E-state index in [1.807, 2.05) is 0 Å². The molecule has 2 rings (SSSR count). The Bertz CT molecular complexity index is 553. The molecule has 0 aliphatic carbocycles. The number of benzene rings is 2. The van der Waals surface area contributed by atoms with Crippen LogP contribution in [0.1, 0.15) is 5.56 Å². The average Bonchev–Trinajstić information content (AvgIpc) is 2.28. The maximum Gasteiger partial charge on any atom is 0.148 e. The van der Waals surface area contributed by atoms with Gasteiger partial charge >= 0.3 is 0 Å². The number of nitrogens with one attached hydrogen (secondary N) is 1. The van der Waals surface area contributed by atoms with Crippen molar-refractivity contribution in [2.75, 3.05) is 11.1 Å². The molecule has 0 spiro atoms. The summed E-state index contributed by atoms with van der Waals surface area (Å²) in [6.07, 6.45) is 0. The van der Waals surface area contributed by atoms with Crippen LogP contribution < -0.4 is 11.1 Å². The molecule has 4 heteroatoms. The van der Waals surface area contributed by atoms with E-state index in [1.54, 1.807) is 25.1 Å². The minimum atomic E-state index is -0.464. The molecule has 0 saturated carbocycles. The molecule has 0 aliphatic heterocycles. The topological polar surface area (TPSA) is 38.0 Å². The van der Waals surface area contributed by atoms with Gasteiger partial charge in [-0.05, 0) is 37.3 Å². The second kappa shape index (κ2) is 4.41. The summed E-state index contributed by atoms with van der Waals surface area (Å²) in [5.41, 5.74) is 7.05. The van der Waals surface area contributed by atoms with Crippen molar-refractivity contribution in [2.24, 2.45) is 0 Å². The smallest absolute Gasteiger partial charge is 0.148 e. The molecule has 2 aromatic rings. The minimum Gasteiger partial charge on any atom is -0.399 e. The van der Waals surface area contributed by atoms with E-state index < -0.39 is 5.82 Å². The fourth-order valence-electron chi connectivity index (χ4n) is 1.52. The van der Waals surface area contributed by atoms with Crippen molar-refractivity contribution in [3.8, 4) is 0 Å². The first kappa shape index (κ1) is 11.4. The first-order valence-electron chi connectivity index (χ1n) is 5.15. The zero-order valence-electron chi connectivity index (χ0n) is 9.30. The lowest BCUT2D eigenvalue weighted by molar-refractivity contribution is 0.618. The predicted molar refractivity (Wildman–Crippen MR) is 65.2 cm³/mol. The Kier molecular flexibility index (Phi) is 2.95. The van der Waals surface area contributed by atoms with Crippen LogP contribution in [0.5, 0.6) is 0 Å². The van der Waals surface area contributed by atoms with Gasteiger partial charge in [0.2, 0.25) is 0 Å². The summed E-state index contributed by atoms with van der Waals surface area (Å²) >= 11 is 0. The SMILES string of the molecule is Cc1c(F)cccc1Nc1ccc(N)cc1F. The third-order valence-electron chi connectivity index (χ3n) is 2.53. The monoisotopic (exact) mass is 234 g/mol. The second-order valence-corrected chi connectivity index (χ2v) is 3.78. The van der Waals surface area contributed by atoms with Gasteiger partial charge in [0.25, 0.3) is 0 Å². The van der Waals surface area contributed by atoms with Crippen LogP contribution in [-0.2, 0) is 0 Å². The zero-order valence-corrected chi connectivity index (χ0v) is 9.30. The van der Waals surface area contributed by atoms with Crippen LogP contribution >= 0.6 is 0 Å². The molecular formula is C13H12F2N2. The molecule has 0 atom stereocenters. The third kappa shape index (κ3) is 2.36. The van der Waals surface area contributed by atoms with Gasteiger partial charge in [-0.3, -0.25) is 0 Å². The van der Waals surface area contributed by atoms with E-state index in [2.05, 4.69) is 5.32 Å². The van der Waals surface area contributed by atoms with E-state index in [1.165, 1.54) is 18.2 Å². The largest absolute Gasteiger partial charge is 0.399 e. The van der Waals surface area contributed by atoms with E-state index in [0.717, 1.165) is 0 Å². The summed E-state index contributed by atoms with van der Waals surface area (Å²) in [5.74, 6) is -0.792. The summed E-state index contributed by atoms with van der Waals surface area (Å²) in [6.45, 7) is 1.63. The number of hydrogen-bond acceptors (Lipinski definition) is 2. The number of nitrogen functional groups attached to an aromatic ring is 1. The van der Waals surface area contributed by atoms with E-state index in [9.17, 15) is 8.78 Å². The molecule has 0 bridgehead atoms. The van der Waals surface area contributed by atoms with Gasteiger partial charge in [0, 0.05) is 16.9 Å². The number of anilines is 3. The number of rotatable bonds is 2. The molecule has 0 saturated heterocycles. The standard InChI is InChI=1S/C13H12F2N2/c1-8-10(14)3-2-4-12(8)17-13-6-5-9(16)7-11(13)15/h2-7,17H,16H2,1H3. The summed E-state index contributed by atoms with van der Waals surface area (Å²) < 4.78 is 26.8. The van der Waals surface area contributed by atoms with Crippen molar-refractivity contribution in [3.05, 3.63) is 53.6 Å². The average molecular weight is 234 g/mol. The summed E-state index contributed by atoms with van der Waals surface area (Å²) in [7, 11) is 0. The Morgan fingerprint density at radius 1 is 1.00 bits per heavy atom. The molecule has 0 aliphatic rings. The molecule has 0 amide bonds. The normalized spacial score (nSPS) is 10.3. The van der Waals surface area contributed by atoms with Crippen LogP contribution in [-0.4, -0.2) is 0 Å². The third-order valence-corrected chi connectivity index (χ3v) is 2.53. The number of nitrogens with two attached hydrogens (primary N) is 1. The molecule has 2 aromatic carbocycles. The number of halogens is 2. The van der Waals surface area contributed by atoms with Crippen molar-refractivity contribution >= 4 is 17.1 Å². The van der Waals surface area contributed by atoms with Crippen LogP contribution in [0.4, 0.5) is 25.8 Å². The molecule has 2 nitrogen and oxygen atoms in total. The lowest BCUT2D eigenvalue weighted by Gasteiger charge is -2.11. The van der Waals surface area contributed by atoms with E-state index in [-0.39, 0.29) is 11.5 Å². The molecule has 3 N–H and O–H groups in total. The Morgan fingerprint density at radius 3 is 2.47 bits per heavy atom. The lowest BCUT2D eigenvalue weighted by Crippen LogP contribution is -1.98. The molecule has 0 radical (unpaired) electrons. The van der Waals surface area contributed by atoms with Gasteiger partial charge in [-0.15, -0.1) is 0 Å². The fourth-order valence-corrected chi connectivity index (χ4v) is 1.52. The molecule has 0 heterocycles. The molecule has 0 aromatic heterocycles. The van der Waals surface area contributed by atoms with Crippen molar-refractivity contribution < 1.29 is 8.78 Å². The van der Waals surface area contributed by atoms with Crippen LogP contribution in [0.25, 0.3) is 0 Å². The zero-order chi connectivity index (χ0) is 12.4. The van der Waals surface area contributed by atoms with Gasteiger partial charge in [0.15, 0.2) is 0 Å². The van der Waals surface area contributed by atoms with E-state index >= 15 is 0 Å². The molecule has 0 unspecified atom stereocenters. The van der Waals surface area contributed by atoms with Crippen LogP contribution in [0.2, 0.25) is 0 Å². The van der Waals surface area contributed by atoms with Crippen molar-refractivity contribution in [1.29, 1.82) is 0 Å². The summed E-state index contributed by atoms with van der Waals surface area (Å²) in [4.78, 5) is 0. The summed E-state index contributed by atoms with van der Waals surface area (Å²) in [5, 5.41) is 2.84. The highest BCUT2D eigenvalue weighted by molar-refractivity contribution is 5.65.